The molecule has 0 aromatic heterocycles. The van der Waals surface area contributed by atoms with Crippen LogP contribution < -0.4 is 20.3 Å². The summed E-state index contributed by atoms with van der Waals surface area (Å²) in [4.78, 5) is 14.2. The van der Waals surface area contributed by atoms with E-state index in [0.717, 1.165) is 11.3 Å². The Bertz CT molecular complexity index is 699. The Balaban J connectivity index is 1.93. The van der Waals surface area contributed by atoms with Gasteiger partial charge in [-0.3, -0.25) is 0 Å². The number of benzene rings is 2. The third-order valence-electron chi connectivity index (χ3n) is 3.59. The van der Waals surface area contributed by atoms with Crippen LogP contribution in [0.2, 0.25) is 0 Å². The lowest BCUT2D eigenvalue weighted by Crippen LogP contribution is -2.28. The molecule has 2 N–H and O–H groups in total. The molecule has 0 fully saturated rings. The van der Waals surface area contributed by atoms with E-state index >= 15 is 0 Å². The van der Waals surface area contributed by atoms with Crippen LogP contribution in [-0.4, -0.2) is 26.7 Å². The lowest BCUT2D eigenvalue weighted by atomic mass is 10.2. The Hall–Kier alpha value is -2.69. The van der Waals surface area contributed by atoms with Gasteiger partial charge in [0.15, 0.2) is 0 Å². The number of para-hydroxylation sites is 2. The Kier molecular flexibility index (Phi) is 6.69. The summed E-state index contributed by atoms with van der Waals surface area (Å²) < 4.78 is 5.76. The van der Waals surface area contributed by atoms with Gasteiger partial charge >= 0.3 is 6.03 Å². The summed E-state index contributed by atoms with van der Waals surface area (Å²) in [6, 6.07) is 15.3. The minimum Gasteiger partial charge on any atom is -0.491 e. The molecule has 0 unspecified atom stereocenters. The van der Waals surface area contributed by atoms with Crippen molar-refractivity contribution in [2.45, 2.75) is 20.4 Å². The van der Waals surface area contributed by atoms with Gasteiger partial charge in [-0.15, -0.1) is 0 Å². The number of carbonyl (C=O) groups excluding carboxylic acids is 1. The molecule has 5 nitrogen and oxygen atoms in total. The minimum absolute atomic E-state index is 0.254. The summed E-state index contributed by atoms with van der Waals surface area (Å²) >= 11 is 0. The molecule has 5 heteroatoms. The number of amides is 2. The number of nitrogens with zero attached hydrogens (tertiary/aromatic N) is 1. The van der Waals surface area contributed by atoms with Crippen molar-refractivity contribution in [3.63, 3.8) is 0 Å². The average molecular weight is 341 g/mol. The van der Waals surface area contributed by atoms with E-state index in [0.29, 0.717) is 30.5 Å². The van der Waals surface area contributed by atoms with Gasteiger partial charge in [-0.1, -0.05) is 38.1 Å². The van der Waals surface area contributed by atoms with Gasteiger partial charge < -0.3 is 20.3 Å². The van der Waals surface area contributed by atoms with Gasteiger partial charge in [-0.25, -0.2) is 4.79 Å². The van der Waals surface area contributed by atoms with Crippen molar-refractivity contribution >= 4 is 17.4 Å². The zero-order valence-corrected chi connectivity index (χ0v) is 15.4. The molecule has 0 saturated heterocycles. The third kappa shape index (κ3) is 6.03. The topological polar surface area (TPSA) is 53.6 Å². The van der Waals surface area contributed by atoms with Crippen molar-refractivity contribution < 1.29 is 9.53 Å². The first-order valence-corrected chi connectivity index (χ1v) is 8.48. The van der Waals surface area contributed by atoms with Gasteiger partial charge in [0.05, 0.1) is 12.3 Å². The maximum Gasteiger partial charge on any atom is 0.319 e. The van der Waals surface area contributed by atoms with E-state index in [-0.39, 0.29) is 6.03 Å². The molecule has 2 aromatic rings. The second-order valence-corrected chi connectivity index (χ2v) is 6.57. The highest BCUT2D eigenvalue weighted by Crippen LogP contribution is 2.24. The van der Waals surface area contributed by atoms with Gasteiger partial charge in [-0.05, 0) is 35.7 Å². The van der Waals surface area contributed by atoms with Crippen LogP contribution in [0.5, 0.6) is 5.75 Å². The fourth-order valence-electron chi connectivity index (χ4n) is 2.25. The summed E-state index contributed by atoms with van der Waals surface area (Å²) in [6.07, 6.45) is 0. The molecule has 0 bridgehead atoms. The molecule has 0 aliphatic heterocycles. The van der Waals surface area contributed by atoms with Crippen molar-refractivity contribution in [1.29, 1.82) is 0 Å². The fourth-order valence-corrected chi connectivity index (χ4v) is 2.25. The number of anilines is 2. The second kappa shape index (κ2) is 8.97. The van der Waals surface area contributed by atoms with E-state index in [2.05, 4.69) is 30.5 Å². The van der Waals surface area contributed by atoms with Gasteiger partial charge in [0.1, 0.15) is 5.75 Å². The number of ether oxygens (including phenoxy) is 1. The summed E-state index contributed by atoms with van der Waals surface area (Å²) in [5.41, 5.74) is 2.82. The van der Waals surface area contributed by atoms with Crippen LogP contribution in [0.4, 0.5) is 16.2 Å². The van der Waals surface area contributed by atoms with Crippen LogP contribution in [0.15, 0.2) is 48.5 Å². The number of hydrogen-bond acceptors (Lipinski definition) is 3. The number of urea groups is 1. The van der Waals surface area contributed by atoms with Gasteiger partial charge in [0.25, 0.3) is 0 Å². The highest BCUT2D eigenvalue weighted by Gasteiger charge is 2.08. The Morgan fingerprint density at radius 1 is 1.12 bits per heavy atom. The Labute approximate surface area is 150 Å². The standard InChI is InChI=1S/C20H27N3O2/c1-15(2)14-25-19-11-6-5-10-18(19)22-20(24)21-13-16-8-7-9-17(12-16)23(3)4/h5-12,15H,13-14H2,1-4H3,(H2,21,22,24). The number of nitrogens with one attached hydrogen (secondary N) is 2. The Morgan fingerprint density at radius 2 is 1.88 bits per heavy atom. The molecule has 0 atom stereocenters. The highest BCUT2D eigenvalue weighted by molar-refractivity contribution is 5.90. The van der Waals surface area contributed by atoms with Crippen molar-refractivity contribution in [3.05, 3.63) is 54.1 Å². The number of hydrogen-bond donors (Lipinski definition) is 2. The van der Waals surface area contributed by atoms with Crippen molar-refractivity contribution in [1.82, 2.24) is 5.32 Å². The molecule has 0 aliphatic rings. The minimum atomic E-state index is -0.254. The summed E-state index contributed by atoms with van der Waals surface area (Å²) in [6.45, 7) is 5.25. The third-order valence-corrected chi connectivity index (χ3v) is 3.59. The molecule has 2 rings (SSSR count). The van der Waals surface area contributed by atoms with E-state index in [1.54, 1.807) is 0 Å². The SMILES string of the molecule is CC(C)COc1ccccc1NC(=O)NCc1cccc(N(C)C)c1. The van der Waals surface area contributed by atoms with Crippen LogP contribution in [0.3, 0.4) is 0 Å². The molecule has 0 radical (unpaired) electrons. The van der Waals surface area contributed by atoms with Gasteiger partial charge in [0.2, 0.25) is 0 Å². The van der Waals surface area contributed by atoms with Crippen molar-refractivity contribution in [2.24, 2.45) is 5.92 Å². The predicted octanol–water partition coefficient (Wildman–Crippen LogP) is 4.11. The normalized spacial score (nSPS) is 10.4. The largest absolute Gasteiger partial charge is 0.491 e. The highest BCUT2D eigenvalue weighted by atomic mass is 16.5. The van der Waals surface area contributed by atoms with Crippen LogP contribution in [-0.2, 0) is 6.54 Å². The van der Waals surface area contributed by atoms with E-state index in [4.69, 9.17) is 4.74 Å². The quantitative estimate of drug-likeness (QED) is 0.797. The lowest BCUT2D eigenvalue weighted by Gasteiger charge is -2.15. The molecular formula is C20H27N3O2. The predicted molar refractivity (Wildman–Crippen MR) is 103 cm³/mol. The van der Waals surface area contributed by atoms with Crippen LogP contribution in [0.25, 0.3) is 0 Å². The fraction of sp³-hybridized carbons (Fsp3) is 0.350. The van der Waals surface area contributed by atoms with Gasteiger partial charge in [-0.2, -0.15) is 0 Å². The molecule has 25 heavy (non-hydrogen) atoms. The zero-order chi connectivity index (χ0) is 18.2. The molecular weight excluding hydrogens is 314 g/mol. The summed E-state index contributed by atoms with van der Waals surface area (Å²) in [5.74, 6) is 1.10. The number of rotatable bonds is 7. The van der Waals surface area contributed by atoms with Crippen LogP contribution >= 0.6 is 0 Å². The smallest absolute Gasteiger partial charge is 0.319 e. The molecule has 0 saturated carbocycles. The molecule has 0 heterocycles. The monoisotopic (exact) mass is 341 g/mol. The van der Waals surface area contributed by atoms with Crippen LogP contribution in [0.1, 0.15) is 19.4 Å². The van der Waals surface area contributed by atoms with E-state index in [1.807, 2.05) is 61.5 Å². The van der Waals surface area contributed by atoms with E-state index < -0.39 is 0 Å². The first-order valence-electron chi connectivity index (χ1n) is 8.48. The first kappa shape index (κ1) is 18.6. The zero-order valence-electron chi connectivity index (χ0n) is 15.4. The van der Waals surface area contributed by atoms with E-state index in [9.17, 15) is 4.79 Å². The Morgan fingerprint density at radius 3 is 2.60 bits per heavy atom. The molecule has 0 spiro atoms. The maximum atomic E-state index is 12.2. The number of carbonyl (C=O) groups is 1. The molecule has 2 aromatic carbocycles. The lowest BCUT2D eigenvalue weighted by molar-refractivity contribution is 0.251. The first-order chi connectivity index (χ1) is 12.0. The van der Waals surface area contributed by atoms with Crippen molar-refractivity contribution in [3.8, 4) is 5.75 Å². The molecule has 0 aliphatic carbocycles. The molecule has 2 amide bonds. The van der Waals surface area contributed by atoms with Crippen molar-refractivity contribution in [2.75, 3.05) is 30.9 Å². The second-order valence-electron chi connectivity index (χ2n) is 6.57. The summed E-state index contributed by atoms with van der Waals surface area (Å²) in [5, 5.41) is 5.74. The summed E-state index contributed by atoms with van der Waals surface area (Å²) in [7, 11) is 3.99. The maximum absolute atomic E-state index is 12.2. The van der Waals surface area contributed by atoms with Crippen LogP contribution in [0, 0.1) is 5.92 Å². The average Bonchev–Trinajstić information content (AvgIpc) is 2.59. The molecule has 134 valence electrons. The van der Waals surface area contributed by atoms with Gasteiger partial charge in [0, 0.05) is 26.3 Å². The van der Waals surface area contributed by atoms with E-state index in [1.165, 1.54) is 0 Å².